The predicted octanol–water partition coefficient (Wildman–Crippen LogP) is 1.28. The number of hydrazone groups is 1. The monoisotopic (exact) mass is 353 g/mol. The van der Waals surface area contributed by atoms with Gasteiger partial charge in [-0.25, -0.2) is 10.2 Å². The first-order valence-corrected chi connectivity index (χ1v) is 7.93. The number of hydrogen-bond donors (Lipinski definition) is 2. The lowest BCUT2D eigenvalue weighted by Crippen LogP contribution is -2.38. The topological polar surface area (TPSA) is 96.9 Å². The maximum absolute atomic E-state index is 11.7. The van der Waals surface area contributed by atoms with E-state index in [4.69, 9.17) is 0 Å². The summed E-state index contributed by atoms with van der Waals surface area (Å²) in [5.41, 5.74) is 4.29. The predicted molar refractivity (Wildman–Crippen MR) is 96.7 cm³/mol. The number of nitrogens with one attached hydrogen (secondary N) is 2. The molecule has 2 aromatic carbocycles. The Labute approximate surface area is 151 Å². The highest BCUT2D eigenvalue weighted by atomic mass is 16.5. The van der Waals surface area contributed by atoms with Crippen molar-refractivity contribution in [3.05, 3.63) is 71.3 Å². The van der Waals surface area contributed by atoms with Crippen molar-refractivity contribution in [2.75, 3.05) is 13.7 Å². The number of amides is 2. The SMILES string of the molecule is COC(=O)c1ccc(/C=N/NC(=O)C(=O)NCCc2ccccc2)cc1. The second-order valence-electron chi connectivity index (χ2n) is 5.30. The summed E-state index contributed by atoms with van der Waals surface area (Å²) < 4.78 is 4.60. The van der Waals surface area contributed by atoms with Crippen molar-refractivity contribution in [2.24, 2.45) is 5.10 Å². The first-order chi connectivity index (χ1) is 12.6. The Hall–Kier alpha value is -3.48. The lowest BCUT2D eigenvalue weighted by atomic mass is 10.1. The lowest BCUT2D eigenvalue weighted by Gasteiger charge is -2.04. The van der Waals surface area contributed by atoms with E-state index in [0.29, 0.717) is 24.1 Å². The summed E-state index contributed by atoms with van der Waals surface area (Å²) in [7, 11) is 1.30. The molecule has 7 heteroatoms. The summed E-state index contributed by atoms with van der Waals surface area (Å²) in [6, 6.07) is 16.1. The minimum Gasteiger partial charge on any atom is -0.465 e. The van der Waals surface area contributed by atoms with Gasteiger partial charge in [0.15, 0.2) is 0 Å². The molecule has 0 radical (unpaired) electrons. The maximum Gasteiger partial charge on any atom is 0.337 e. The van der Waals surface area contributed by atoms with E-state index < -0.39 is 17.8 Å². The van der Waals surface area contributed by atoms with Crippen LogP contribution in [0.4, 0.5) is 0 Å². The molecule has 0 saturated carbocycles. The van der Waals surface area contributed by atoms with Crippen molar-refractivity contribution >= 4 is 24.0 Å². The number of methoxy groups -OCH3 is 1. The molecular formula is C19H19N3O4. The molecule has 2 N–H and O–H groups in total. The molecular weight excluding hydrogens is 334 g/mol. The fourth-order valence-electron chi connectivity index (χ4n) is 2.08. The second-order valence-corrected chi connectivity index (χ2v) is 5.30. The highest BCUT2D eigenvalue weighted by molar-refractivity contribution is 6.35. The van der Waals surface area contributed by atoms with Gasteiger partial charge in [-0.05, 0) is 29.7 Å². The minimum atomic E-state index is -0.847. The van der Waals surface area contributed by atoms with Gasteiger partial charge in [0.25, 0.3) is 0 Å². The quantitative estimate of drug-likeness (QED) is 0.354. The van der Waals surface area contributed by atoms with Crippen LogP contribution in [0, 0.1) is 0 Å². The van der Waals surface area contributed by atoms with Crippen molar-refractivity contribution in [3.63, 3.8) is 0 Å². The molecule has 0 aliphatic rings. The summed E-state index contributed by atoms with van der Waals surface area (Å²) in [6.45, 7) is 0.356. The molecule has 0 aromatic heterocycles. The van der Waals surface area contributed by atoms with Crippen molar-refractivity contribution in [3.8, 4) is 0 Å². The van der Waals surface area contributed by atoms with Crippen LogP contribution in [0.15, 0.2) is 59.7 Å². The van der Waals surface area contributed by atoms with Crippen LogP contribution in [0.2, 0.25) is 0 Å². The number of rotatable bonds is 6. The molecule has 7 nitrogen and oxygen atoms in total. The number of hydrogen-bond acceptors (Lipinski definition) is 5. The van der Waals surface area contributed by atoms with Gasteiger partial charge in [-0.2, -0.15) is 5.10 Å². The molecule has 2 aromatic rings. The smallest absolute Gasteiger partial charge is 0.337 e. The van der Waals surface area contributed by atoms with Crippen LogP contribution in [-0.2, 0) is 20.7 Å². The average molecular weight is 353 g/mol. The van der Waals surface area contributed by atoms with E-state index in [2.05, 4.69) is 20.6 Å². The third-order valence-corrected chi connectivity index (χ3v) is 3.46. The molecule has 2 rings (SSSR count). The van der Waals surface area contributed by atoms with Crippen LogP contribution in [0.25, 0.3) is 0 Å². The Morgan fingerprint density at radius 1 is 1.00 bits per heavy atom. The van der Waals surface area contributed by atoms with E-state index in [0.717, 1.165) is 5.56 Å². The molecule has 0 saturated heterocycles. The second kappa shape index (κ2) is 9.73. The zero-order chi connectivity index (χ0) is 18.8. The Morgan fingerprint density at radius 2 is 1.69 bits per heavy atom. The Balaban J connectivity index is 1.75. The van der Waals surface area contributed by atoms with Gasteiger partial charge in [0.1, 0.15) is 0 Å². The highest BCUT2D eigenvalue weighted by Crippen LogP contribution is 2.03. The van der Waals surface area contributed by atoms with Crippen LogP contribution in [-0.4, -0.2) is 37.7 Å². The molecule has 0 aliphatic carbocycles. The molecule has 26 heavy (non-hydrogen) atoms. The van der Waals surface area contributed by atoms with Crippen LogP contribution < -0.4 is 10.7 Å². The fraction of sp³-hybridized carbons (Fsp3) is 0.158. The normalized spacial score (nSPS) is 10.3. The Bertz CT molecular complexity index is 786. The number of carbonyl (C=O) groups is 3. The lowest BCUT2D eigenvalue weighted by molar-refractivity contribution is -0.139. The summed E-state index contributed by atoms with van der Waals surface area (Å²) in [6.07, 6.45) is 2.01. The zero-order valence-electron chi connectivity index (χ0n) is 14.3. The minimum absolute atomic E-state index is 0.356. The largest absolute Gasteiger partial charge is 0.465 e. The summed E-state index contributed by atoms with van der Waals surface area (Å²) >= 11 is 0. The summed E-state index contributed by atoms with van der Waals surface area (Å²) in [5, 5.41) is 6.25. The van der Waals surface area contributed by atoms with Crippen LogP contribution >= 0.6 is 0 Å². The highest BCUT2D eigenvalue weighted by Gasteiger charge is 2.11. The maximum atomic E-state index is 11.7. The summed E-state index contributed by atoms with van der Waals surface area (Å²) in [4.78, 5) is 34.7. The molecule has 0 atom stereocenters. The first kappa shape index (κ1) is 18.9. The molecule has 0 fully saturated rings. The standard InChI is InChI=1S/C19H19N3O4/c1-26-19(25)16-9-7-15(8-10-16)13-21-22-18(24)17(23)20-12-11-14-5-3-2-4-6-14/h2-10,13H,11-12H2,1H3,(H,20,23)(H,22,24)/b21-13+. The molecule has 0 spiro atoms. The third-order valence-electron chi connectivity index (χ3n) is 3.46. The van der Waals surface area contributed by atoms with Crippen LogP contribution in [0.3, 0.4) is 0 Å². The molecule has 0 heterocycles. The molecule has 2 amide bonds. The van der Waals surface area contributed by atoms with Crippen LogP contribution in [0.5, 0.6) is 0 Å². The van der Waals surface area contributed by atoms with Crippen molar-refractivity contribution in [2.45, 2.75) is 6.42 Å². The van der Waals surface area contributed by atoms with E-state index in [1.54, 1.807) is 24.3 Å². The van der Waals surface area contributed by atoms with E-state index in [1.807, 2.05) is 30.3 Å². The van der Waals surface area contributed by atoms with Gasteiger partial charge >= 0.3 is 17.8 Å². The van der Waals surface area contributed by atoms with E-state index in [1.165, 1.54) is 13.3 Å². The number of ether oxygens (including phenoxy) is 1. The van der Waals surface area contributed by atoms with Gasteiger partial charge in [-0.1, -0.05) is 42.5 Å². The number of benzene rings is 2. The summed E-state index contributed by atoms with van der Waals surface area (Å²) in [5.74, 6) is -2.03. The van der Waals surface area contributed by atoms with Crippen molar-refractivity contribution in [1.82, 2.24) is 10.7 Å². The molecule has 0 bridgehead atoms. The third kappa shape index (κ3) is 5.86. The van der Waals surface area contributed by atoms with Gasteiger partial charge in [0.05, 0.1) is 18.9 Å². The number of esters is 1. The first-order valence-electron chi connectivity index (χ1n) is 7.93. The molecule has 134 valence electrons. The number of carbonyl (C=O) groups excluding carboxylic acids is 3. The average Bonchev–Trinajstić information content (AvgIpc) is 2.68. The van der Waals surface area contributed by atoms with Gasteiger partial charge in [-0.3, -0.25) is 9.59 Å². The van der Waals surface area contributed by atoms with Gasteiger partial charge in [0, 0.05) is 6.54 Å². The van der Waals surface area contributed by atoms with Gasteiger partial charge in [0.2, 0.25) is 0 Å². The van der Waals surface area contributed by atoms with E-state index >= 15 is 0 Å². The van der Waals surface area contributed by atoms with Gasteiger partial charge < -0.3 is 10.1 Å². The molecule has 0 unspecified atom stereocenters. The zero-order valence-corrected chi connectivity index (χ0v) is 14.3. The van der Waals surface area contributed by atoms with Crippen LogP contribution in [0.1, 0.15) is 21.5 Å². The van der Waals surface area contributed by atoms with E-state index in [-0.39, 0.29) is 0 Å². The van der Waals surface area contributed by atoms with Gasteiger partial charge in [-0.15, -0.1) is 0 Å². The number of nitrogens with zero attached hydrogens (tertiary/aromatic N) is 1. The van der Waals surface area contributed by atoms with Crippen molar-refractivity contribution in [1.29, 1.82) is 0 Å². The van der Waals surface area contributed by atoms with E-state index in [9.17, 15) is 14.4 Å². The Kier molecular flexibility index (Phi) is 7.05. The molecule has 0 aliphatic heterocycles. The Morgan fingerprint density at radius 3 is 2.35 bits per heavy atom. The van der Waals surface area contributed by atoms with Crippen molar-refractivity contribution < 1.29 is 19.1 Å². The fourth-order valence-corrected chi connectivity index (χ4v) is 2.08.